The summed E-state index contributed by atoms with van der Waals surface area (Å²) in [6.07, 6.45) is 3.19. The third kappa shape index (κ3) is 6.28. The summed E-state index contributed by atoms with van der Waals surface area (Å²) in [4.78, 5) is 12.1. The molecule has 29 heavy (non-hydrogen) atoms. The molecule has 0 atom stereocenters. The Morgan fingerprint density at radius 2 is 1.72 bits per heavy atom. The van der Waals surface area contributed by atoms with Gasteiger partial charge in [0, 0.05) is 16.8 Å². The lowest BCUT2D eigenvalue weighted by atomic mass is 10.2. The molecule has 0 spiro atoms. The van der Waals surface area contributed by atoms with Crippen molar-refractivity contribution >= 4 is 40.9 Å². The molecule has 6 heteroatoms. The van der Waals surface area contributed by atoms with Gasteiger partial charge in [-0.3, -0.25) is 4.79 Å². The van der Waals surface area contributed by atoms with Crippen molar-refractivity contribution in [2.75, 3.05) is 12.4 Å². The van der Waals surface area contributed by atoms with Crippen molar-refractivity contribution in [3.8, 4) is 11.5 Å². The molecule has 0 unspecified atom stereocenters. The number of nitrogens with one attached hydrogen (secondary N) is 1. The fourth-order valence-corrected chi connectivity index (χ4v) is 2.91. The van der Waals surface area contributed by atoms with Crippen molar-refractivity contribution in [1.29, 1.82) is 0 Å². The van der Waals surface area contributed by atoms with Crippen LogP contribution in [-0.2, 0) is 11.4 Å². The van der Waals surface area contributed by atoms with Crippen LogP contribution in [0.25, 0.3) is 6.08 Å². The number of carbonyl (C=O) groups excluding carboxylic acids is 1. The zero-order chi connectivity index (χ0) is 20.6. The molecule has 148 valence electrons. The van der Waals surface area contributed by atoms with Crippen molar-refractivity contribution in [1.82, 2.24) is 0 Å². The second-order valence-corrected chi connectivity index (χ2v) is 7.00. The fourth-order valence-electron chi connectivity index (χ4n) is 2.52. The van der Waals surface area contributed by atoms with Crippen LogP contribution in [0, 0.1) is 0 Å². The molecular formula is C23H19Cl2NO3. The number of methoxy groups -OCH3 is 1. The van der Waals surface area contributed by atoms with Crippen molar-refractivity contribution in [2.45, 2.75) is 6.61 Å². The lowest BCUT2D eigenvalue weighted by molar-refractivity contribution is -0.111. The van der Waals surface area contributed by atoms with Gasteiger partial charge in [-0.25, -0.2) is 0 Å². The van der Waals surface area contributed by atoms with Crippen LogP contribution < -0.4 is 14.8 Å². The molecule has 3 aromatic rings. The van der Waals surface area contributed by atoms with Crippen molar-refractivity contribution in [3.63, 3.8) is 0 Å². The maximum Gasteiger partial charge on any atom is 0.248 e. The van der Waals surface area contributed by atoms with Crippen LogP contribution in [0.4, 0.5) is 5.69 Å². The number of ether oxygens (including phenoxy) is 2. The average Bonchev–Trinajstić information content (AvgIpc) is 2.73. The molecule has 3 rings (SSSR count). The van der Waals surface area contributed by atoms with Crippen molar-refractivity contribution in [2.24, 2.45) is 0 Å². The van der Waals surface area contributed by atoms with Crippen molar-refractivity contribution < 1.29 is 14.3 Å². The normalized spacial score (nSPS) is 10.7. The summed E-state index contributed by atoms with van der Waals surface area (Å²) in [7, 11) is 1.54. The van der Waals surface area contributed by atoms with Crippen LogP contribution in [0.15, 0.2) is 72.8 Å². The summed E-state index contributed by atoms with van der Waals surface area (Å²) in [6, 6.07) is 20.1. The van der Waals surface area contributed by atoms with Gasteiger partial charge in [0.25, 0.3) is 0 Å². The number of anilines is 1. The molecule has 0 fully saturated rings. The highest BCUT2D eigenvalue weighted by Gasteiger charge is 2.04. The van der Waals surface area contributed by atoms with Crippen molar-refractivity contribution in [3.05, 3.63) is 94.0 Å². The Morgan fingerprint density at radius 1 is 1.00 bits per heavy atom. The van der Waals surface area contributed by atoms with E-state index in [4.69, 9.17) is 32.7 Å². The highest BCUT2D eigenvalue weighted by molar-refractivity contribution is 6.32. The van der Waals surface area contributed by atoms with Gasteiger partial charge < -0.3 is 14.8 Å². The van der Waals surface area contributed by atoms with Crippen LogP contribution in [-0.4, -0.2) is 13.0 Å². The van der Waals surface area contributed by atoms with Crippen LogP contribution in [0.1, 0.15) is 11.1 Å². The molecule has 3 aromatic carbocycles. The first kappa shape index (κ1) is 20.8. The van der Waals surface area contributed by atoms with Crippen LogP contribution in [0.5, 0.6) is 11.5 Å². The molecule has 0 aromatic heterocycles. The summed E-state index contributed by atoms with van der Waals surface area (Å²) in [5, 5.41) is 3.89. The molecule has 0 aliphatic heterocycles. The Hall–Kier alpha value is -2.95. The van der Waals surface area contributed by atoms with Crippen LogP contribution >= 0.6 is 23.2 Å². The number of hydrogen-bond acceptors (Lipinski definition) is 3. The van der Waals surface area contributed by atoms with E-state index >= 15 is 0 Å². The third-order valence-corrected chi connectivity index (χ3v) is 4.59. The van der Waals surface area contributed by atoms with E-state index in [1.165, 1.54) is 13.2 Å². The minimum absolute atomic E-state index is 0.255. The third-order valence-electron chi connectivity index (χ3n) is 4.05. The minimum atomic E-state index is -0.255. The first-order valence-electron chi connectivity index (χ1n) is 8.83. The molecule has 1 N–H and O–H groups in total. The predicted molar refractivity (Wildman–Crippen MR) is 118 cm³/mol. The van der Waals surface area contributed by atoms with Gasteiger partial charge in [0.15, 0.2) is 0 Å². The first-order chi connectivity index (χ1) is 14.0. The van der Waals surface area contributed by atoms with Gasteiger partial charge in [-0.05, 0) is 59.7 Å². The number of benzene rings is 3. The molecule has 0 aliphatic carbocycles. The number of carbonyl (C=O) groups is 1. The lowest BCUT2D eigenvalue weighted by Gasteiger charge is -2.07. The van der Waals surface area contributed by atoms with Gasteiger partial charge in [-0.2, -0.15) is 0 Å². The predicted octanol–water partition coefficient (Wildman–Crippen LogP) is 6.23. The molecule has 0 radical (unpaired) electrons. The molecule has 1 amide bonds. The van der Waals surface area contributed by atoms with Gasteiger partial charge in [0.2, 0.25) is 5.91 Å². The number of halogens is 2. The molecule has 0 heterocycles. The molecule has 4 nitrogen and oxygen atoms in total. The number of amides is 1. The highest BCUT2D eigenvalue weighted by Crippen LogP contribution is 2.27. The Bertz CT molecular complexity index is 1000. The van der Waals surface area contributed by atoms with E-state index in [-0.39, 0.29) is 5.91 Å². The van der Waals surface area contributed by atoms with E-state index in [0.29, 0.717) is 28.1 Å². The van der Waals surface area contributed by atoms with Crippen LogP contribution in [0.2, 0.25) is 10.0 Å². The number of hydrogen-bond donors (Lipinski definition) is 1. The second-order valence-electron chi connectivity index (χ2n) is 6.16. The quantitative estimate of drug-likeness (QED) is 0.454. The monoisotopic (exact) mass is 427 g/mol. The standard InChI is InChI=1S/C23H19Cl2NO3/c1-28-22-12-9-19(14-21(22)25)26-23(27)13-6-16-4-10-20(11-5-16)29-15-17-2-7-18(24)8-3-17/h2-14H,15H2,1H3,(H,26,27)/b13-6+. The van der Waals surface area contributed by atoms with Gasteiger partial charge in [-0.1, -0.05) is 47.5 Å². The SMILES string of the molecule is COc1ccc(NC(=O)/C=C/c2ccc(OCc3ccc(Cl)cc3)cc2)cc1Cl. The van der Waals surface area contributed by atoms with E-state index in [1.807, 2.05) is 48.5 Å². The highest BCUT2D eigenvalue weighted by atomic mass is 35.5. The Kier molecular flexibility index (Phi) is 7.17. The van der Waals surface area contributed by atoms with E-state index in [0.717, 1.165) is 16.9 Å². The maximum atomic E-state index is 12.1. The summed E-state index contributed by atoms with van der Waals surface area (Å²) in [6.45, 7) is 0.458. The Morgan fingerprint density at radius 3 is 2.38 bits per heavy atom. The van der Waals surface area contributed by atoms with E-state index in [9.17, 15) is 4.79 Å². The minimum Gasteiger partial charge on any atom is -0.495 e. The molecule has 0 saturated heterocycles. The van der Waals surface area contributed by atoms with E-state index < -0.39 is 0 Å². The maximum absolute atomic E-state index is 12.1. The van der Waals surface area contributed by atoms with Gasteiger partial charge >= 0.3 is 0 Å². The molecule has 0 aliphatic rings. The van der Waals surface area contributed by atoms with Gasteiger partial charge in [-0.15, -0.1) is 0 Å². The second kappa shape index (κ2) is 10.0. The smallest absolute Gasteiger partial charge is 0.248 e. The first-order valence-corrected chi connectivity index (χ1v) is 9.59. The van der Waals surface area contributed by atoms with Gasteiger partial charge in [0.05, 0.1) is 12.1 Å². The summed E-state index contributed by atoms with van der Waals surface area (Å²) < 4.78 is 10.8. The topological polar surface area (TPSA) is 47.6 Å². The number of rotatable bonds is 7. The largest absolute Gasteiger partial charge is 0.495 e. The summed E-state index contributed by atoms with van der Waals surface area (Å²) in [5.74, 6) is 1.04. The Balaban J connectivity index is 1.53. The summed E-state index contributed by atoms with van der Waals surface area (Å²) >= 11 is 11.9. The lowest BCUT2D eigenvalue weighted by Crippen LogP contribution is -2.07. The van der Waals surface area contributed by atoms with E-state index in [1.54, 1.807) is 24.3 Å². The fraction of sp³-hybridized carbons (Fsp3) is 0.0870. The van der Waals surface area contributed by atoms with Gasteiger partial charge in [0.1, 0.15) is 18.1 Å². The molecular weight excluding hydrogens is 409 g/mol. The Labute approximate surface area is 179 Å². The zero-order valence-electron chi connectivity index (χ0n) is 15.7. The zero-order valence-corrected chi connectivity index (χ0v) is 17.2. The summed E-state index contributed by atoms with van der Waals surface area (Å²) in [5.41, 5.74) is 2.51. The van der Waals surface area contributed by atoms with Crippen LogP contribution in [0.3, 0.4) is 0 Å². The van der Waals surface area contributed by atoms with E-state index in [2.05, 4.69) is 5.32 Å². The molecule has 0 bridgehead atoms. The molecule has 0 saturated carbocycles. The average molecular weight is 428 g/mol.